The minimum atomic E-state index is -0.504. The number of carbonyl (C=O) groups excluding carboxylic acids is 1. The third-order valence-electron chi connectivity index (χ3n) is 3.16. The van der Waals surface area contributed by atoms with Gasteiger partial charge in [-0.1, -0.05) is 17.7 Å². The van der Waals surface area contributed by atoms with E-state index in [1.54, 1.807) is 0 Å². The van der Waals surface area contributed by atoms with Crippen LogP contribution in [0.3, 0.4) is 0 Å². The van der Waals surface area contributed by atoms with Gasteiger partial charge in [0.2, 0.25) is 0 Å². The van der Waals surface area contributed by atoms with Gasteiger partial charge >= 0.3 is 5.97 Å². The quantitative estimate of drug-likeness (QED) is 0.817. The number of aryl methyl sites for hydroxylation is 3. The molecule has 3 nitrogen and oxygen atoms in total. The molecular weight excluding hydrogens is 228 g/mol. The van der Waals surface area contributed by atoms with E-state index in [4.69, 9.17) is 0 Å². The summed E-state index contributed by atoms with van der Waals surface area (Å²) in [5, 5.41) is 10.2. The van der Waals surface area contributed by atoms with Crippen molar-refractivity contribution in [2.45, 2.75) is 46.1 Å². The van der Waals surface area contributed by atoms with Crippen LogP contribution in [0.15, 0.2) is 12.1 Å². The second kappa shape index (κ2) is 6.55. The van der Waals surface area contributed by atoms with Crippen molar-refractivity contribution in [1.29, 1.82) is 0 Å². The summed E-state index contributed by atoms with van der Waals surface area (Å²) in [5.74, 6) is -0.223. The summed E-state index contributed by atoms with van der Waals surface area (Å²) < 4.78 is 4.58. The molecule has 0 radical (unpaired) electrons. The van der Waals surface area contributed by atoms with E-state index in [9.17, 15) is 9.90 Å². The molecule has 0 aliphatic carbocycles. The molecule has 1 unspecified atom stereocenters. The highest BCUT2D eigenvalue weighted by atomic mass is 16.5. The average Bonchev–Trinajstić information content (AvgIpc) is 2.27. The van der Waals surface area contributed by atoms with Crippen LogP contribution in [0.5, 0.6) is 0 Å². The van der Waals surface area contributed by atoms with Crippen LogP contribution in [0, 0.1) is 20.8 Å². The van der Waals surface area contributed by atoms with E-state index in [0.717, 1.165) is 16.7 Å². The number of aliphatic hydroxyl groups is 1. The van der Waals surface area contributed by atoms with Crippen molar-refractivity contribution < 1.29 is 14.6 Å². The first-order chi connectivity index (χ1) is 8.45. The fraction of sp³-hybridized carbons (Fsp3) is 0.533. The van der Waals surface area contributed by atoms with Gasteiger partial charge < -0.3 is 9.84 Å². The topological polar surface area (TPSA) is 46.5 Å². The number of rotatable bonds is 5. The van der Waals surface area contributed by atoms with Crippen LogP contribution in [0.1, 0.15) is 47.6 Å². The Morgan fingerprint density at radius 1 is 1.28 bits per heavy atom. The van der Waals surface area contributed by atoms with Crippen molar-refractivity contribution in [3.05, 3.63) is 34.4 Å². The standard InChI is InChI=1S/C15H22O3/c1-10-8-11(2)15(12(3)9-10)13(16)6-5-7-14(17)18-4/h8-9,13,16H,5-7H2,1-4H3. The maximum absolute atomic E-state index is 11.0. The Balaban J connectivity index is 2.67. The summed E-state index contributed by atoms with van der Waals surface area (Å²) in [5.41, 5.74) is 4.41. The third-order valence-corrected chi connectivity index (χ3v) is 3.16. The number of methoxy groups -OCH3 is 1. The Labute approximate surface area is 109 Å². The number of esters is 1. The number of benzene rings is 1. The lowest BCUT2D eigenvalue weighted by molar-refractivity contribution is -0.140. The Morgan fingerprint density at radius 3 is 2.33 bits per heavy atom. The SMILES string of the molecule is COC(=O)CCCC(O)c1c(C)cc(C)cc1C. The minimum Gasteiger partial charge on any atom is -0.469 e. The molecule has 0 fully saturated rings. The molecule has 1 aromatic carbocycles. The zero-order valence-corrected chi connectivity index (χ0v) is 11.6. The zero-order valence-electron chi connectivity index (χ0n) is 11.6. The van der Waals surface area contributed by atoms with Crippen molar-refractivity contribution in [1.82, 2.24) is 0 Å². The predicted molar refractivity (Wildman–Crippen MR) is 71.5 cm³/mol. The summed E-state index contributed by atoms with van der Waals surface area (Å²) in [6.45, 7) is 6.07. The lowest BCUT2D eigenvalue weighted by atomic mass is 9.93. The molecule has 0 saturated carbocycles. The molecule has 0 aliphatic heterocycles. The zero-order chi connectivity index (χ0) is 13.7. The van der Waals surface area contributed by atoms with E-state index < -0.39 is 6.10 Å². The van der Waals surface area contributed by atoms with Gasteiger partial charge in [-0.2, -0.15) is 0 Å². The van der Waals surface area contributed by atoms with E-state index in [-0.39, 0.29) is 5.97 Å². The van der Waals surface area contributed by atoms with Crippen LogP contribution < -0.4 is 0 Å². The number of aliphatic hydroxyl groups excluding tert-OH is 1. The highest BCUT2D eigenvalue weighted by Gasteiger charge is 2.14. The van der Waals surface area contributed by atoms with Crippen molar-refractivity contribution in [3.8, 4) is 0 Å². The average molecular weight is 250 g/mol. The summed E-state index contributed by atoms with van der Waals surface area (Å²) in [6.07, 6.45) is 1.08. The van der Waals surface area contributed by atoms with Crippen LogP contribution in [-0.2, 0) is 9.53 Å². The monoisotopic (exact) mass is 250 g/mol. The Bertz CT molecular complexity index is 401. The fourth-order valence-corrected chi connectivity index (χ4v) is 2.40. The summed E-state index contributed by atoms with van der Waals surface area (Å²) in [4.78, 5) is 11.0. The summed E-state index contributed by atoms with van der Waals surface area (Å²) >= 11 is 0. The predicted octanol–water partition coefficient (Wildman–Crippen LogP) is 2.99. The molecule has 1 atom stereocenters. The van der Waals surface area contributed by atoms with Crippen LogP contribution in [0.25, 0.3) is 0 Å². The molecule has 0 heterocycles. The van der Waals surface area contributed by atoms with Gasteiger partial charge in [0.05, 0.1) is 13.2 Å². The fourth-order valence-electron chi connectivity index (χ4n) is 2.40. The molecule has 0 amide bonds. The van der Waals surface area contributed by atoms with Crippen molar-refractivity contribution >= 4 is 5.97 Å². The van der Waals surface area contributed by atoms with E-state index in [1.807, 2.05) is 20.8 Å². The highest BCUT2D eigenvalue weighted by Crippen LogP contribution is 2.27. The number of hydrogen-bond acceptors (Lipinski definition) is 3. The molecule has 0 saturated heterocycles. The van der Waals surface area contributed by atoms with Crippen molar-refractivity contribution in [2.24, 2.45) is 0 Å². The molecule has 0 aromatic heterocycles. The first kappa shape index (κ1) is 14.7. The molecule has 100 valence electrons. The molecule has 0 spiro atoms. The Kier molecular flexibility index (Phi) is 5.35. The smallest absolute Gasteiger partial charge is 0.305 e. The molecule has 18 heavy (non-hydrogen) atoms. The van der Waals surface area contributed by atoms with E-state index >= 15 is 0 Å². The van der Waals surface area contributed by atoms with Crippen LogP contribution in [-0.4, -0.2) is 18.2 Å². The van der Waals surface area contributed by atoms with Gasteiger partial charge in [-0.25, -0.2) is 0 Å². The third kappa shape index (κ3) is 3.84. The van der Waals surface area contributed by atoms with Gasteiger partial charge in [0.1, 0.15) is 0 Å². The number of carbonyl (C=O) groups is 1. The summed E-state index contributed by atoms with van der Waals surface area (Å²) in [7, 11) is 1.38. The second-order valence-electron chi connectivity index (χ2n) is 4.80. The van der Waals surface area contributed by atoms with Crippen molar-refractivity contribution in [2.75, 3.05) is 7.11 Å². The molecule has 1 rings (SSSR count). The molecule has 1 aromatic rings. The van der Waals surface area contributed by atoms with E-state index in [2.05, 4.69) is 16.9 Å². The lowest BCUT2D eigenvalue weighted by Gasteiger charge is -2.17. The first-order valence-electron chi connectivity index (χ1n) is 6.28. The van der Waals surface area contributed by atoms with Gasteiger partial charge in [-0.3, -0.25) is 4.79 Å². The van der Waals surface area contributed by atoms with Crippen LogP contribution in [0.2, 0.25) is 0 Å². The molecule has 0 bridgehead atoms. The van der Waals surface area contributed by atoms with Gasteiger partial charge in [-0.05, 0) is 50.3 Å². The first-order valence-corrected chi connectivity index (χ1v) is 6.28. The van der Waals surface area contributed by atoms with Gasteiger partial charge in [0.15, 0.2) is 0 Å². The van der Waals surface area contributed by atoms with E-state index in [1.165, 1.54) is 12.7 Å². The number of hydrogen-bond donors (Lipinski definition) is 1. The second-order valence-corrected chi connectivity index (χ2v) is 4.80. The molecular formula is C15H22O3. The van der Waals surface area contributed by atoms with Gasteiger partial charge in [0, 0.05) is 6.42 Å². The van der Waals surface area contributed by atoms with Gasteiger partial charge in [-0.15, -0.1) is 0 Å². The minimum absolute atomic E-state index is 0.223. The lowest BCUT2D eigenvalue weighted by Crippen LogP contribution is -2.06. The Hall–Kier alpha value is -1.35. The van der Waals surface area contributed by atoms with Gasteiger partial charge in [0.25, 0.3) is 0 Å². The Morgan fingerprint density at radius 2 is 1.83 bits per heavy atom. The normalized spacial score (nSPS) is 12.3. The van der Waals surface area contributed by atoms with Crippen molar-refractivity contribution in [3.63, 3.8) is 0 Å². The molecule has 3 heteroatoms. The summed E-state index contributed by atoms with van der Waals surface area (Å²) in [6, 6.07) is 4.15. The maximum atomic E-state index is 11.0. The van der Waals surface area contributed by atoms with E-state index in [0.29, 0.717) is 19.3 Å². The van der Waals surface area contributed by atoms with Crippen LogP contribution >= 0.6 is 0 Å². The maximum Gasteiger partial charge on any atom is 0.305 e. The molecule has 1 N–H and O–H groups in total. The number of ether oxygens (including phenoxy) is 1. The van der Waals surface area contributed by atoms with Crippen LogP contribution in [0.4, 0.5) is 0 Å². The largest absolute Gasteiger partial charge is 0.469 e. The highest BCUT2D eigenvalue weighted by molar-refractivity contribution is 5.69. The molecule has 0 aliphatic rings.